The monoisotopic (exact) mass is 347 g/mol. The highest BCUT2D eigenvalue weighted by atomic mass is 16.5. The van der Waals surface area contributed by atoms with E-state index < -0.39 is 0 Å². The highest BCUT2D eigenvalue weighted by Gasteiger charge is 2.34. The van der Waals surface area contributed by atoms with E-state index in [1.807, 2.05) is 6.20 Å². The molecule has 3 rings (SSSR count). The molecule has 2 fully saturated rings. The molecule has 1 aromatic rings. The standard InChI is InChI=1S/C20H33N3O2/c1-13(2)9-17-10-16(22-14(3)24)11-19(25-17)18-12-21-23-20(18)15-7-5-4-6-8-15/h12-13,15-17,19H,4-11H2,1-3H3,(H,21,23)(H,22,24)/t16-,17+,19+/m1/s1. The first-order valence-electron chi connectivity index (χ1n) is 9.98. The van der Waals surface area contributed by atoms with Gasteiger partial charge < -0.3 is 10.1 Å². The molecule has 3 atom stereocenters. The van der Waals surface area contributed by atoms with Crippen LogP contribution in [0.4, 0.5) is 0 Å². The van der Waals surface area contributed by atoms with E-state index in [1.54, 1.807) is 6.92 Å². The summed E-state index contributed by atoms with van der Waals surface area (Å²) in [7, 11) is 0. The number of rotatable bonds is 5. The first kappa shape index (κ1) is 18.4. The van der Waals surface area contributed by atoms with Crippen molar-refractivity contribution < 1.29 is 9.53 Å². The molecule has 1 aliphatic carbocycles. The van der Waals surface area contributed by atoms with Gasteiger partial charge in [0.15, 0.2) is 0 Å². The van der Waals surface area contributed by atoms with Crippen LogP contribution in [0, 0.1) is 5.92 Å². The summed E-state index contributed by atoms with van der Waals surface area (Å²) in [6, 6.07) is 0.189. The summed E-state index contributed by atoms with van der Waals surface area (Å²) in [4.78, 5) is 11.6. The molecule has 1 saturated heterocycles. The van der Waals surface area contributed by atoms with Crippen molar-refractivity contribution in [2.24, 2.45) is 5.92 Å². The Hall–Kier alpha value is -1.36. The molecule has 5 nitrogen and oxygen atoms in total. The molecule has 1 amide bonds. The van der Waals surface area contributed by atoms with Crippen LogP contribution in [0.25, 0.3) is 0 Å². The van der Waals surface area contributed by atoms with E-state index in [0.717, 1.165) is 19.3 Å². The van der Waals surface area contributed by atoms with Gasteiger partial charge in [0, 0.05) is 30.1 Å². The first-order chi connectivity index (χ1) is 12.0. The summed E-state index contributed by atoms with van der Waals surface area (Å²) >= 11 is 0. The summed E-state index contributed by atoms with van der Waals surface area (Å²) in [5, 5.41) is 10.7. The molecule has 2 aliphatic rings. The number of nitrogens with one attached hydrogen (secondary N) is 2. The van der Waals surface area contributed by atoms with Gasteiger partial charge in [0.2, 0.25) is 5.91 Å². The van der Waals surface area contributed by atoms with Gasteiger partial charge in [-0.15, -0.1) is 0 Å². The number of hydrogen-bond acceptors (Lipinski definition) is 3. The van der Waals surface area contributed by atoms with Crippen LogP contribution in [0.2, 0.25) is 0 Å². The Balaban J connectivity index is 1.77. The number of nitrogens with zero attached hydrogens (tertiary/aromatic N) is 1. The van der Waals surface area contributed by atoms with Gasteiger partial charge in [-0.3, -0.25) is 9.89 Å². The van der Waals surface area contributed by atoms with Crippen molar-refractivity contribution in [1.82, 2.24) is 15.5 Å². The minimum absolute atomic E-state index is 0.0324. The highest BCUT2D eigenvalue weighted by Crippen LogP contribution is 2.40. The normalized spacial score (nSPS) is 28.2. The van der Waals surface area contributed by atoms with E-state index in [2.05, 4.69) is 29.4 Å². The average molecular weight is 348 g/mol. The van der Waals surface area contributed by atoms with E-state index in [1.165, 1.54) is 43.4 Å². The van der Waals surface area contributed by atoms with Crippen LogP contribution in [0.3, 0.4) is 0 Å². The topological polar surface area (TPSA) is 67.0 Å². The molecule has 0 spiro atoms. The maximum absolute atomic E-state index is 11.6. The molecule has 2 N–H and O–H groups in total. The fourth-order valence-electron chi connectivity index (χ4n) is 4.58. The van der Waals surface area contributed by atoms with Crippen molar-refractivity contribution in [3.63, 3.8) is 0 Å². The summed E-state index contributed by atoms with van der Waals surface area (Å²) in [6.45, 7) is 6.06. The Morgan fingerprint density at radius 1 is 1.32 bits per heavy atom. The highest BCUT2D eigenvalue weighted by molar-refractivity contribution is 5.73. The molecule has 1 aromatic heterocycles. The molecule has 25 heavy (non-hydrogen) atoms. The Labute approximate surface area is 151 Å². The van der Waals surface area contributed by atoms with Gasteiger partial charge in [0.25, 0.3) is 0 Å². The van der Waals surface area contributed by atoms with Gasteiger partial charge in [-0.25, -0.2) is 0 Å². The third-order valence-electron chi connectivity index (χ3n) is 5.60. The molecular weight excluding hydrogens is 314 g/mol. The van der Waals surface area contributed by atoms with Crippen molar-refractivity contribution >= 4 is 5.91 Å². The lowest BCUT2D eigenvalue weighted by molar-refractivity contribution is -0.122. The second kappa shape index (κ2) is 8.35. The van der Waals surface area contributed by atoms with Crippen LogP contribution >= 0.6 is 0 Å². The minimum Gasteiger partial charge on any atom is -0.370 e. The first-order valence-corrected chi connectivity index (χ1v) is 9.98. The molecule has 0 radical (unpaired) electrons. The van der Waals surface area contributed by atoms with Gasteiger partial charge in [-0.1, -0.05) is 33.1 Å². The fourth-order valence-corrected chi connectivity index (χ4v) is 4.58. The minimum atomic E-state index is 0.0324. The molecule has 2 heterocycles. The zero-order chi connectivity index (χ0) is 17.8. The summed E-state index contributed by atoms with van der Waals surface area (Å²) in [6.07, 6.45) is 11.4. The Kier molecular flexibility index (Phi) is 6.15. The lowest BCUT2D eigenvalue weighted by Crippen LogP contribution is -2.42. The number of amides is 1. The van der Waals surface area contributed by atoms with E-state index >= 15 is 0 Å². The number of carbonyl (C=O) groups excluding carboxylic acids is 1. The van der Waals surface area contributed by atoms with Gasteiger partial charge in [-0.2, -0.15) is 5.10 Å². The Morgan fingerprint density at radius 3 is 2.76 bits per heavy atom. The van der Waals surface area contributed by atoms with Gasteiger partial charge in [0.1, 0.15) is 0 Å². The van der Waals surface area contributed by atoms with Crippen LogP contribution in [0.1, 0.15) is 95.4 Å². The van der Waals surface area contributed by atoms with E-state index in [0.29, 0.717) is 11.8 Å². The predicted molar refractivity (Wildman–Crippen MR) is 98.3 cm³/mol. The molecule has 140 valence electrons. The van der Waals surface area contributed by atoms with E-state index in [9.17, 15) is 4.79 Å². The smallest absolute Gasteiger partial charge is 0.217 e. The SMILES string of the molecule is CC(=O)N[C@@H]1C[C@H](CC(C)C)O[C@H](c2cn[nH]c2C2CCCCC2)C1. The molecule has 0 aromatic carbocycles. The van der Waals surface area contributed by atoms with Crippen LogP contribution in [-0.2, 0) is 9.53 Å². The number of aromatic nitrogens is 2. The number of ether oxygens (including phenoxy) is 1. The molecule has 0 bridgehead atoms. The van der Waals surface area contributed by atoms with Crippen LogP contribution in [0.15, 0.2) is 6.20 Å². The predicted octanol–water partition coefficient (Wildman–Crippen LogP) is 4.23. The van der Waals surface area contributed by atoms with Gasteiger partial charge in [0.05, 0.1) is 18.4 Å². The third kappa shape index (κ3) is 4.84. The summed E-state index contributed by atoms with van der Waals surface area (Å²) in [5.74, 6) is 1.22. The number of carbonyl (C=O) groups is 1. The number of hydrogen-bond donors (Lipinski definition) is 2. The zero-order valence-corrected chi connectivity index (χ0v) is 15.9. The molecule has 1 aliphatic heterocycles. The van der Waals surface area contributed by atoms with E-state index in [-0.39, 0.29) is 24.2 Å². The molecular formula is C20H33N3O2. The third-order valence-corrected chi connectivity index (χ3v) is 5.60. The van der Waals surface area contributed by atoms with Crippen molar-refractivity contribution in [3.05, 3.63) is 17.5 Å². The maximum Gasteiger partial charge on any atom is 0.217 e. The Morgan fingerprint density at radius 2 is 2.08 bits per heavy atom. The quantitative estimate of drug-likeness (QED) is 0.837. The zero-order valence-electron chi connectivity index (χ0n) is 15.9. The second-order valence-electron chi connectivity index (χ2n) is 8.32. The average Bonchev–Trinajstić information content (AvgIpc) is 3.03. The summed E-state index contributed by atoms with van der Waals surface area (Å²) in [5.41, 5.74) is 2.49. The molecule has 0 unspecified atom stereocenters. The number of aromatic amines is 1. The van der Waals surface area contributed by atoms with Crippen molar-refractivity contribution in [3.8, 4) is 0 Å². The molecule has 5 heteroatoms. The maximum atomic E-state index is 11.6. The lowest BCUT2D eigenvalue weighted by atomic mass is 9.83. The molecule has 1 saturated carbocycles. The van der Waals surface area contributed by atoms with Gasteiger partial charge in [-0.05, 0) is 38.0 Å². The largest absolute Gasteiger partial charge is 0.370 e. The Bertz CT molecular complexity index is 563. The lowest BCUT2D eigenvalue weighted by Gasteiger charge is -2.37. The summed E-state index contributed by atoms with van der Waals surface area (Å²) < 4.78 is 6.47. The fraction of sp³-hybridized carbons (Fsp3) is 0.800. The van der Waals surface area contributed by atoms with Crippen LogP contribution < -0.4 is 5.32 Å². The van der Waals surface area contributed by atoms with Crippen molar-refractivity contribution in [2.75, 3.05) is 0 Å². The van der Waals surface area contributed by atoms with Crippen molar-refractivity contribution in [1.29, 1.82) is 0 Å². The van der Waals surface area contributed by atoms with Crippen LogP contribution in [0.5, 0.6) is 0 Å². The van der Waals surface area contributed by atoms with E-state index in [4.69, 9.17) is 4.74 Å². The number of H-pyrrole nitrogens is 1. The van der Waals surface area contributed by atoms with Crippen LogP contribution in [-0.4, -0.2) is 28.3 Å². The van der Waals surface area contributed by atoms with Gasteiger partial charge >= 0.3 is 0 Å². The van der Waals surface area contributed by atoms with Crippen molar-refractivity contribution in [2.45, 2.75) is 96.3 Å². The second-order valence-corrected chi connectivity index (χ2v) is 8.32.